The number of hydrogen-bond acceptors (Lipinski definition) is 5. The predicted octanol–water partition coefficient (Wildman–Crippen LogP) is 1.62. The fourth-order valence-corrected chi connectivity index (χ4v) is 3.01. The number of H-pyrrole nitrogens is 1. The first-order valence-electron chi connectivity index (χ1n) is 8.12. The van der Waals surface area contributed by atoms with E-state index in [0.717, 1.165) is 16.5 Å². The first-order valence-corrected chi connectivity index (χ1v) is 8.12. The number of carbonyl (C=O) groups is 1. The van der Waals surface area contributed by atoms with Crippen molar-refractivity contribution in [2.24, 2.45) is 5.10 Å². The van der Waals surface area contributed by atoms with Gasteiger partial charge in [-0.15, -0.1) is 0 Å². The lowest BCUT2D eigenvalue weighted by Crippen LogP contribution is -2.41. The minimum Gasteiger partial charge on any atom is -0.361 e. The molecule has 3 aromatic rings. The number of fused-ring (bicyclic) bond motifs is 1. The highest BCUT2D eigenvalue weighted by Crippen LogP contribution is 2.28. The van der Waals surface area contributed by atoms with E-state index in [1.165, 1.54) is 6.21 Å². The molecule has 0 aliphatic carbocycles. The molecule has 2 unspecified atom stereocenters. The van der Waals surface area contributed by atoms with Crippen LogP contribution in [0.1, 0.15) is 23.7 Å². The Bertz CT molecular complexity index is 904. The molecule has 1 saturated heterocycles. The van der Waals surface area contributed by atoms with Crippen molar-refractivity contribution in [3.8, 4) is 0 Å². The Labute approximate surface area is 144 Å². The number of aromatic nitrogens is 2. The third kappa shape index (κ3) is 3.28. The Balaban J connectivity index is 1.39. The summed E-state index contributed by atoms with van der Waals surface area (Å²) in [7, 11) is 0. The van der Waals surface area contributed by atoms with Crippen molar-refractivity contribution < 1.29 is 4.79 Å². The van der Waals surface area contributed by atoms with Crippen LogP contribution in [0, 0.1) is 0 Å². The van der Waals surface area contributed by atoms with Gasteiger partial charge in [0, 0.05) is 23.3 Å². The number of benzene rings is 1. The molecule has 4 rings (SSSR count). The third-order valence-electron chi connectivity index (χ3n) is 4.28. The van der Waals surface area contributed by atoms with Gasteiger partial charge in [-0.1, -0.05) is 24.3 Å². The van der Waals surface area contributed by atoms with Gasteiger partial charge in [-0.05, 0) is 30.2 Å². The van der Waals surface area contributed by atoms with Gasteiger partial charge >= 0.3 is 0 Å². The van der Waals surface area contributed by atoms with E-state index < -0.39 is 0 Å². The van der Waals surface area contributed by atoms with Crippen molar-refractivity contribution in [1.82, 2.24) is 26.2 Å². The van der Waals surface area contributed by atoms with Crippen molar-refractivity contribution in [1.29, 1.82) is 0 Å². The van der Waals surface area contributed by atoms with Crippen molar-refractivity contribution in [2.75, 3.05) is 0 Å². The summed E-state index contributed by atoms with van der Waals surface area (Å²) in [5.41, 5.74) is 11.7. The fraction of sp³-hybridized carbons (Fsp3) is 0.167. The van der Waals surface area contributed by atoms with Gasteiger partial charge < -0.3 is 4.98 Å². The predicted molar refractivity (Wildman–Crippen MR) is 95.7 cm³/mol. The average Bonchev–Trinajstić information content (AvgIpc) is 3.29. The van der Waals surface area contributed by atoms with Crippen molar-refractivity contribution in [3.63, 3.8) is 0 Å². The zero-order valence-corrected chi connectivity index (χ0v) is 13.4. The number of nitrogens with zero attached hydrogens (tertiary/aromatic N) is 2. The monoisotopic (exact) mass is 334 g/mol. The second kappa shape index (κ2) is 6.84. The molecule has 1 aromatic carbocycles. The summed E-state index contributed by atoms with van der Waals surface area (Å²) in [6, 6.07) is 13.4. The van der Waals surface area contributed by atoms with Crippen LogP contribution < -0.4 is 16.3 Å². The minimum absolute atomic E-state index is 0.0617. The van der Waals surface area contributed by atoms with E-state index >= 15 is 0 Å². The lowest BCUT2D eigenvalue weighted by atomic mass is 10.0. The summed E-state index contributed by atoms with van der Waals surface area (Å²) >= 11 is 0. The molecule has 7 nitrogen and oxygen atoms in total. The van der Waals surface area contributed by atoms with E-state index in [1.807, 2.05) is 42.6 Å². The minimum atomic E-state index is -0.348. The molecule has 0 saturated carbocycles. The van der Waals surface area contributed by atoms with Crippen LogP contribution in [0.5, 0.6) is 0 Å². The Morgan fingerprint density at radius 3 is 2.96 bits per heavy atom. The number of nitrogens with one attached hydrogen (secondary N) is 4. The SMILES string of the molecule is O=C(N/N=C/c1ccccn1)C1CC(c2c[nH]c3ccccc23)NN1. The molecule has 126 valence electrons. The molecular formula is C18H18N6O. The summed E-state index contributed by atoms with van der Waals surface area (Å²) < 4.78 is 0. The van der Waals surface area contributed by atoms with Gasteiger partial charge in [-0.25, -0.2) is 16.3 Å². The summed E-state index contributed by atoms with van der Waals surface area (Å²) in [4.78, 5) is 19.6. The Hall–Kier alpha value is -3.03. The van der Waals surface area contributed by atoms with Crippen LogP contribution in [0.25, 0.3) is 10.9 Å². The Kier molecular flexibility index (Phi) is 4.24. The first kappa shape index (κ1) is 15.5. The molecule has 4 N–H and O–H groups in total. The van der Waals surface area contributed by atoms with Crippen LogP contribution in [0.4, 0.5) is 0 Å². The number of para-hydroxylation sites is 1. The van der Waals surface area contributed by atoms with Crippen LogP contribution >= 0.6 is 0 Å². The molecule has 0 bridgehead atoms. The smallest absolute Gasteiger partial charge is 0.258 e. The summed E-state index contributed by atoms with van der Waals surface area (Å²) in [6.07, 6.45) is 5.84. The molecular weight excluding hydrogens is 316 g/mol. The molecule has 7 heteroatoms. The number of carbonyl (C=O) groups excluding carboxylic acids is 1. The zero-order valence-electron chi connectivity index (χ0n) is 13.4. The van der Waals surface area contributed by atoms with Gasteiger partial charge in [0.25, 0.3) is 5.91 Å². The molecule has 25 heavy (non-hydrogen) atoms. The topological polar surface area (TPSA) is 94.2 Å². The largest absolute Gasteiger partial charge is 0.361 e. The lowest BCUT2D eigenvalue weighted by Gasteiger charge is -2.07. The maximum absolute atomic E-state index is 12.3. The van der Waals surface area contributed by atoms with Crippen LogP contribution in [-0.4, -0.2) is 28.1 Å². The average molecular weight is 334 g/mol. The van der Waals surface area contributed by atoms with Crippen molar-refractivity contribution >= 4 is 23.0 Å². The Morgan fingerprint density at radius 1 is 1.20 bits per heavy atom. The maximum Gasteiger partial charge on any atom is 0.258 e. The van der Waals surface area contributed by atoms with Crippen molar-refractivity contribution in [3.05, 3.63) is 66.1 Å². The van der Waals surface area contributed by atoms with Crippen molar-refractivity contribution in [2.45, 2.75) is 18.5 Å². The molecule has 2 aromatic heterocycles. The number of hydrazone groups is 1. The summed E-state index contributed by atoms with van der Waals surface area (Å²) in [5, 5.41) is 5.13. The number of rotatable bonds is 4. The number of pyridine rings is 1. The normalized spacial score (nSPS) is 20.3. The zero-order chi connectivity index (χ0) is 17.1. The molecule has 1 aliphatic heterocycles. The van der Waals surface area contributed by atoms with E-state index in [9.17, 15) is 4.79 Å². The van der Waals surface area contributed by atoms with Gasteiger partial charge in [0.15, 0.2) is 0 Å². The van der Waals surface area contributed by atoms with E-state index in [4.69, 9.17) is 0 Å². The number of aromatic amines is 1. The Morgan fingerprint density at radius 2 is 2.08 bits per heavy atom. The van der Waals surface area contributed by atoms with Gasteiger partial charge in [0.2, 0.25) is 0 Å². The molecule has 2 atom stereocenters. The van der Waals surface area contributed by atoms with E-state index in [2.05, 4.69) is 37.4 Å². The van der Waals surface area contributed by atoms with Gasteiger partial charge in [-0.3, -0.25) is 9.78 Å². The first-order chi connectivity index (χ1) is 12.3. The van der Waals surface area contributed by atoms with Crippen LogP contribution in [0.2, 0.25) is 0 Å². The van der Waals surface area contributed by atoms with Crippen LogP contribution in [0.3, 0.4) is 0 Å². The molecule has 1 aliphatic rings. The number of amides is 1. The summed E-state index contributed by atoms with van der Waals surface area (Å²) in [6.45, 7) is 0. The van der Waals surface area contributed by atoms with E-state index in [0.29, 0.717) is 12.1 Å². The van der Waals surface area contributed by atoms with E-state index in [1.54, 1.807) is 6.20 Å². The quantitative estimate of drug-likeness (QED) is 0.431. The molecule has 0 spiro atoms. The number of hydrazine groups is 1. The molecule has 0 radical (unpaired) electrons. The standard InChI is InChI=1S/C18H18N6O/c25-18(24-21-10-12-5-3-4-8-19-12)17-9-16(22-23-17)14-11-20-15-7-2-1-6-13(14)15/h1-8,10-11,16-17,20,22-23H,9H2,(H,24,25)/b21-10+. The lowest BCUT2D eigenvalue weighted by molar-refractivity contribution is -0.122. The number of hydrogen-bond donors (Lipinski definition) is 4. The second-order valence-electron chi connectivity index (χ2n) is 5.91. The highest BCUT2D eigenvalue weighted by Gasteiger charge is 2.31. The van der Waals surface area contributed by atoms with Gasteiger partial charge in [0.1, 0.15) is 6.04 Å². The summed E-state index contributed by atoms with van der Waals surface area (Å²) in [5.74, 6) is -0.179. The van der Waals surface area contributed by atoms with Crippen LogP contribution in [-0.2, 0) is 4.79 Å². The second-order valence-corrected chi connectivity index (χ2v) is 5.91. The molecule has 1 amide bonds. The third-order valence-corrected chi connectivity index (χ3v) is 4.28. The van der Waals surface area contributed by atoms with Crippen LogP contribution in [0.15, 0.2) is 60.0 Å². The molecule has 3 heterocycles. The highest BCUT2D eigenvalue weighted by atomic mass is 16.2. The maximum atomic E-state index is 12.3. The highest BCUT2D eigenvalue weighted by molar-refractivity contribution is 5.86. The van der Waals surface area contributed by atoms with E-state index in [-0.39, 0.29) is 18.0 Å². The molecule has 1 fully saturated rings. The fourth-order valence-electron chi connectivity index (χ4n) is 3.01. The van der Waals surface area contributed by atoms with Gasteiger partial charge in [-0.2, -0.15) is 5.10 Å². The van der Waals surface area contributed by atoms with Gasteiger partial charge in [0.05, 0.1) is 18.0 Å².